The summed E-state index contributed by atoms with van der Waals surface area (Å²) < 4.78 is 2.23. The highest BCUT2D eigenvalue weighted by molar-refractivity contribution is 7.10. The van der Waals surface area contributed by atoms with E-state index >= 15 is 0 Å². The fraction of sp³-hybridized carbons (Fsp3) is 0.310. The lowest BCUT2D eigenvalue weighted by Gasteiger charge is -2.33. The minimum atomic E-state index is -0.115. The maximum Gasteiger partial charge on any atom is 0.272 e. The van der Waals surface area contributed by atoms with E-state index in [-0.39, 0.29) is 5.91 Å². The molecule has 0 bridgehead atoms. The van der Waals surface area contributed by atoms with Gasteiger partial charge in [-0.1, -0.05) is 69.3 Å². The van der Waals surface area contributed by atoms with Crippen molar-refractivity contribution in [1.82, 2.24) is 9.99 Å². The van der Waals surface area contributed by atoms with Crippen LogP contribution in [0.25, 0.3) is 10.9 Å². The molecule has 2 aromatic carbocycles. The Morgan fingerprint density at radius 2 is 1.91 bits per heavy atom. The first-order valence-corrected chi connectivity index (χ1v) is 12.8. The number of benzene rings is 2. The summed E-state index contributed by atoms with van der Waals surface area (Å²) in [5, 5.41) is 7.47. The van der Waals surface area contributed by atoms with Gasteiger partial charge in [0.25, 0.3) is 5.91 Å². The first kappa shape index (κ1) is 22.6. The average Bonchev–Trinajstić information content (AvgIpc) is 3.41. The molecule has 4 nitrogen and oxygen atoms in total. The predicted molar refractivity (Wildman–Crippen MR) is 142 cm³/mol. The van der Waals surface area contributed by atoms with E-state index in [1.54, 1.807) is 17.6 Å². The largest absolute Gasteiger partial charge is 0.342 e. The van der Waals surface area contributed by atoms with Crippen molar-refractivity contribution < 1.29 is 4.79 Å². The highest BCUT2D eigenvalue weighted by atomic mass is 32.1. The Bertz CT molecular complexity index is 1340. The average molecular weight is 470 g/mol. The molecule has 1 aliphatic rings. The summed E-state index contributed by atoms with van der Waals surface area (Å²) in [6.45, 7) is 7.73. The number of amides is 1. The Hall–Kier alpha value is -3.18. The minimum Gasteiger partial charge on any atom is -0.342 e. The molecule has 34 heavy (non-hydrogen) atoms. The first-order valence-electron chi connectivity index (χ1n) is 11.9. The molecule has 0 aliphatic heterocycles. The van der Waals surface area contributed by atoms with Crippen molar-refractivity contribution in [2.24, 2.45) is 16.4 Å². The second-order valence-corrected chi connectivity index (χ2v) is 11.2. The molecule has 5 heteroatoms. The van der Waals surface area contributed by atoms with Crippen LogP contribution in [0.5, 0.6) is 0 Å². The molecule has 0 fully saturated rings. The quantitative estimate of drug-likeness (QED) is 0.258. The number of nitrogens with one attached hydrogen (secondary N) is 1. The number of para-hydroxylation sites is 1. The van der Waals surface area contributed by atoms with Crippen molar-refractivity contribution in [3.63, 3.8) is 0 Å². The Kier molecular flexibility index (Phi) is 6.13. The van der Waals surface area contributed by atoms with Gasteiger partial charge in [-0.05, 0) is 47.8 Å². The Labute approximate surface area is 205 Å². The minimum absolute atomic E-state index is 0.115. The molecule has 0 unspecified atom stereocenters. The number of hydrazone groups is 1. The third kappa shape index (κ3) is 4.58. The Morgan fingerprint density at radius 3 is 2.71 bits per heavy atom. The van der Waals surface area contributed by atoms with Crippen LogP contribution in [0, 0.1) is 11.3 Å². The number of thiophene rings is 1. The van der Waals surface area contributed by atoms with Crippen LogP contribution in [-0.2, 0) is 19.4 Å². The highest BCUT2D eigenvalue weighted by Gasteiger charge is 2.31. The van der Waals surface area contributed by atoms with Crippen molar-refractivity contribution in [3.05, 3.63) is 93.3 Å². The fourth-order valence-corrected chi connectivity index (χ4v) is 6.11. The Morgan fingerprint density at radius 1 is 1.15 bits per heavy atom. The van der Waals surface area contributed by atoms with Gasteiger partial charge in [0.2, 0.25) is 0 Å². The summed E-state index contributed by atoms with van der Waals surface area (Å²) in [6.07, 6.45) is 7.04. The number of carbonyl (C=O) groups excluding carboxylic acids is 1. The molecule has 5 rings (SSSR count). The normalized spacial score (nSPS) is 16.1. The molecule has 1 atom stereocenters. The van der Waals surface area contributed by atoms with Crippen molar-refractivity contribution in [1.29, 1.82) is 0 Å². The molecule has 2 aromatic heterocycles. The van der Waals surface area contributed by atoms with Crippen LogP contribution in [0.1, 0.15) is 59.1 Å². The van der Waals surface area contributed by atoms with Crippen LogP contribution in [-0.4, -0.2) is 16.7 Å². The molecule has 0 radical (unpaired) electrons. The molecule has 1 aliphatic carbocycles. The van der Waals surface area contributed by atoms with Crippen LogP contribution >= 0.6 is 11.3 Å². The maximum absolute atomic E-state index is 12.9. The number of hydrogen-bond acceptors (Lipinski definition) is 3. The lowest BCUT2D eigenvalue weighted by Crippen LogP contribution is -2.27. The number of aromatic nitrogens is 1. The van der Waals surface area contributed by atoms with Gasteiger partial charge in [-0.3, -0.25) is 4.79 Å². The van der Waals surface area contributed by atoms with Crippen molar-refractivity contribution in [3.8, 4) is 0 Å². The van der Waals surface area contributed by atoms with Crippen molar-refractivity contribution in [2.75, 3.05) is 0 Å². The molecule has 4 aromatic rings. The second-order valence-electron chi connectivity index (χ2n) is 10.3. The first-order chi connectivity index (χ1) is 16.4. The van der Waals surface area contributed by atoms with E-state index in [4.69, 9.17) is 0 Å². The summed E-state index contributed by atoms with van der Waals surface area (Å²) >= 11 is 1.72. The van der Waals surface area contributed by atoms with Gasteiger partial charge in [0, 0.05) is 39.5 Å². The monoisotopic (exact) mass is 469 g/mol. The zero-order valence-corrected chi connectivity index (χ0v) is 20.9. The van der Waals surface area contributed by atoms with E-state index in [1.165, 1.54) is 16.0 Å². The molecular formula is C29H31N3OS. The fourth-order valence-electron chi connectivity index (χ4n) is 4.95. The number of nitrogens with zero attached hydrogens (tertiary/aromatic N) is 2. The highest BCUT2D eigenvalue weighted by Crippen LogP contribution is 2.40. The molecule has 2 heterocycles. The molecule has 0 saturated heterocycles. The second kappa shape index (κ2) is 9.22. The third-order valence-corrected chi connectivity index (χ3v) is 8.06. The van der Waals surface area contributed by atoms with Gasteiger partial charge in [0.1, 0.15) is 0 Å². The van der Waals surface area contributed by atoms with Crippen LogP contribution < -0.4 is 5.43 Å². The summed E-state index contributed by atoms with van der Waals surface area (Å²) in [6, 6.07) is 18.7. The van der Waals surface area contributed by atoms with E-state index < -0.39 is 0 Å². The van der Waals surface area contributed by atoms with Crippen LogP contribution in [0.3, 0.4) is 0 Å². The van der Waals surface area contributed by atoms with Gasteiger partial charge in [-0.2, -0.15) is 5.10 Å². The van der Waals surface area contributed by atoms with Gasteiger partial charge >= 0.3 is 0 Å². The van der Waals surface area contributed by atoms with E-state index in [9.17, 15) is 4.79 Å². The van der Waals surface area contributed by atoms with Crippen molar-refractivity contribution in [2.45, 2.75) is 46.6 Å². The summed E-state index contributed by atoms with van der Waals surface area (Å²) in [4.78, 5) is 14.3. The molecule has 174 valence electrons. The van der Waals surface area contributed by atoms with Gasteiger partial charge in [0.15, 0.2) is 0 Å². The summed E-state index contributed by atoms with van der Waals surface area (Å²) in [5.74, 6) is 0.553. The Balaban J connectivity index is 1.32. The lowest BCUT2D eigenvalue weighted by molar-refractivity contribution is 0.0954. The van der Waals surface area contributed by atoms with Gasteiger partial charge < -0.3 is 4.57 Å². The van der Waals surface area contributed by atoms with Crippen LogP contribution in [0.4, 0.5) is 0 Å². The van der Waals surface area contributed by atoms with E-state index in [0.717, 1.165) is 47.8 Å². The molecule has 0 spiro atoms. The smallest absolute Gasteiger partial charge is 0.272 e. The summed E-state index contributed by atoms with van der Waals surface area (Å²) in [5.41, 5.74) is 8.48. The number of fused-ring (bicyclic) bond motifs is 2. The van der Waals surface area contributed by atoms with Gasteiger partial charge in [-0.25, -0.2) is 5.43 Å². The van der Waals surface area contributed by atoms with Crippen molar-refractivity contribution >= 4 is 34.4 Å². The zero-order valence-electron chi connectivity index (χ0n) is 20.0. The molecule has 0 saturated carbocycles. The third-order valence-electron chi connectivity index (χ3n) is 7.01. The topological polar surface area (TPSA) is 46.4 Å². The summed E-state index contributed by atoms with van der Waals surface area (Å²) in [7, 11) is 0. The predicted octanol–water partition coefficient (Wildman–Crippen LogP) is 6.67. The zero-order chi connectivity index (χ0) is 23.7. The SMILES string of the molecule is CC(C)(C)[C@@H]1CCc2c(C(=O)NN=Cc3cn(Cc4ccccc4)c4ccccc34)csc2C1. The standard InChI is InChI=1S/C29H31N3OS/c1-29(2,3)22-13-14-24-25(19-34-27(24)15-22)28(33)31-30-16-21-18-32(17-20-9-5-4-6-10-20)26-12-8-7-11-23(21)26/h4-12,16,18-19,22H,13-15,17H2,1-3H3,(H,31,33)/t22-/m1/s1. The number of rotatable bonds is 5. The number of carbonyl (C=O) groups is 1. The van der Waals surface area contributed by atoms with E-state index in [2.05, 4.69) is 84.5 Å². The maximum atomic E-state index is 12.9. The van der Waals surface area contributed by atoms with Crippen LogP contribution in [0.2, 0.25) is 0 Å². The van der Waals surface area contributed by atoms with Crippen LogP contribution in [0.15, 0.2) is 71.3 Å². The lowest BCUT2D eigenvalue weighted by atomic mass is 9.72. The van der Waals surface area contributed by atoms with E-state index in [1.807, 2.05) is 17.5 Å². The van der Waals surface area contributed by atoms with Gasteiger partial charge in [-0.15, -0.1) is 11.3 Å². The molecule has 1 N–H and O–H groups in total. The van der Waals surface area contributed by atoms with Gasteiger partial charge in [0.05, 0.1) is 11.8 Å². The molecular weight excluding hydrogens is 438 g/mol. The molecule has 1 amide bonds. The number of hydrogen-bond donors (Lipinski definition) is 1. The van der Waals surface area contributed by atoms with E-state index in [0.29, 0.717) is 11.3 Å².